The minimum atomic E-state index is -0.0523. The first-order valence-electron chi connectivity index (χ1n) is 10.6. The monoisotopic (exact) mass is 426 g/mol. The van der Waals surface area contributed by atoms with Gasteiger partial charge in [-0.1, -0.05) is 24.3 Å². The summed E-state index contributed by atoms with van der Waals surface area (Å²) in [5.74, 6) is 2.27. The number of likely N-dealkylation sites (N-methyl/N-ethyl adjacent to an activating group) is 1. The van der Waals surface area contributed by atoms with Crippen LogP contribution in [0.5, 0.6) is 11.5 Å². The number of guanidine groups is 1. The molecule has 0 saturated heterocycles. The zero-order chi connectivity index (χ0) is 22.5. The third-order valence-electron chi connectivity index (χ3n) is 4.80. The van der Waals surface area contributed by atoms with Gasteiger partial charge >= 0.3 is 0 Å². The second-order valence-electron chi connectivity index (χ2n) is 7.07. The van der Waals surface area contributed by atoms with Crippen molar-refractivity contribution in [3.8, 4) is 11.5 Å². The number of aliphatic imine (C=N–C) groups is 1. The van der Waals surface area contributed by atoms with Crippen molar-refractivity contribution in [3.05, 3.63) is 59.7 Å². The summed E-state index contributed by atoms with van der Waals surface area (Å²) in [5, 5.41) is 6.27. The van der Waals surface area contributed by atoms with Crippen molar-refractivity contribution < 1.29 is 14.3 Å². The van der Waals surface area contributed by atoms with Gasteiger partial charge in [0.2, 0.25) is 0 Å². The van der Waals surface area contributed by atoms with E-state index in [-0.39, 0.29) is 5.91 Å². The van der Waals surface area contributed by atoms with Gasteiger partial charge in [0.15, 0.2) is 17.5 Å². The molecule has 0 aromatic heterocycles. The van der Waals surface area contributed by atoms with E-state index >= 15 is 0 Å². The van der Waals surface area contributed by atoms with Crippen LogP contribution >= 0.6 is 0 Å². The predicted molar refractivity (Wildman–Crippen MR) is 125 cm³/mol. The Kier molecular flexibility index (Phi) is 10.2. The van der Waals surface area contributed by atoms with Crippen molar-refractivity contribution in [2.75, 3.05) is 47.4 Å². The molecule has 7 heteroatoms. The molecular formula is C24H34N4O3. The molecule has 0 unspecified atom stereocenters. The second-order valence-corrected chi connectivity index (χ2v) is 7.07. The molecule has 2 aromatic carbocycles. The van der Waals surface area contributed by atoms with E-state index in [1.807, 2.05) is 49.5 Å². The van der Waals surface area contributed by atoms with E-state index in [1.54, 1.807) is 14.2 Å². The molecule has 2 rings (SSSR count). The van der Waals surface area contributed by atoms with Gasteiger partial charge in [-0.3, -0.25) is 9.79 Å². The quantitative estimate of drug-likeness (QED) is 0.328. The number of rotatable bonds is 11. The van der Waals surface area contributed by atoms with Gasteiger partial charge in [0, 0.05) is 38.8 Å². The van der Waals surface area contributed by atoms with Crippen LogP contribution in [-0.4, -0.2) is 64.2 Å². The van der Waals surface area contributed by atoms with Crippen LogP contribution in [-0.2, 0) is 6.42 Å². The van der Waals surface area contributed by atoms with E-state index in [0.717, 1.165) is 43.4 Å². The molecule has 0 heterocycles. The largest absolute Gasteiger partial charge is 0.493 e. The summed E-state index contributed by atoms with van der Waals surface area (Å²) in [6, 6.07) is 15.2. The number of benzene rings is 2. The Balaban J connectivity index is 1.81. The fourth-order valence-corrected chi connectivity index (χ4v) is 3.07. The number of hydrogen-bond donors (Lipinski definition) is 2. The van der Waals surface area contributed by atoms with E-state index in [0.29, 0.717) is 18.7 Å². The Hall–Kier alpha value is -3.22. The summed E-state index contributed by atoms with van der Waals surface area (Å²) in [5.41, 5.74) is 1.85. The zero-order valence-electron chi connectivity index (χ0n) is 19.0. The number of ether oxygens (including phenoxy) is 2. The molecule has 0 saturated carbocycles. The molecule has 0 fully saturated rings. The standard InChI is InChI=1S/C24H34N4O3/c1-5-25-24(27-16-9-15-26-23(29)20-10-7-6-8-11-20)28(2)17-14-19-12-13-21(30-3)22(18-19)31-4/h6-8,10-13,18H,5,9,14-17H2,1-4H3,(H,25,27)(H,26,29). The first-order valence-corrected chi connectivity index (χ1v) is 10.6. The number of hydrogen-bond acceptors (Lipinski definition) is 4. The summed E-state index contributed by atoms with van der Waals surface area (Å²) in [4.78, 5) is 18.9. The highest BCUT2D eigenvalue weighted by molar-refractivity contribution is 5.94. The Bertz CT molecular complexity index is 840. The highest BCUT2D eigenvalue weighted by Gasteiger charge is 2.09. The molecule has 1 amide bonds. The molecule has 31 heavy (non-hydrogen) atoms. The Morgan fingerprint density at radius 3 is 2.45 bits per heavy atom. The smallest absolute Gasteiger partial charge is 0.251 e. The molecule has 0 aliphatic heterocycles. The maximum atomic E-state index is 12.1. The Labute approximate surface area is 185 Å². The maximum absolute atomic E-state index is 12.1. The van der Waals surface area contributed by atoms with Crippen LogP contribution in [0.2, 0.25) is 0 Å². The first-order chi connectivity index (χ1) is 15.1. The number of carbonyl (C=O) groups excluding carboxylic acids is 1. The Morgan fingerprint density at radius 2 is 1.77 bits per heavy atom. The average Bonchev–Trinajstić information content (AvgIpc) is 2.81. The van der Waals surface area contributed by atoms with Crippen LogP contribution in [0.3, 0.4) is 0 Å². The number of amides is 1. The lowest BCUT2D eigenvalue weighted by atomic mass is 10.1. The van der Waals surface area contributed by atoms with Crippen molar-refractivity contribution >= 4 is 11.9 Å². The molecule has 0 aliphatic rings. The SMILES string of the molecule is CCNC(=NCCCNC(=O)c1ccccc1)N(C)CCc1ccc(OC)c(OC)c1. The van der Waals surface area contributed by atoms with Crippen molar-refractivity contribution in [2.45, 2.75) is 19.8 Å². The van der Waals surface area contributed by atoms with E-state index in [1.165, 1.54) is 5.56 Å². The number of nitrogens with one attached hydrogen (secondary N) is 2. The molecule has 0 spiro atoms. The van der Waals surface area contributed by atoms with E-state index < -0.39 is 0 Å². The van der Waals surface area contributed by atoms with Crippen LogP contribution in [0.15, 0.2) is 53.5 Å². The topological polar surface area (TPSA) is 75.2 Å². The summed E-state index contributed by atoms with van der Waals surface area (Å²) in [6.45, 7) is 4.89. The summed E-state index contributed by atoms with van der Waals surface area (Å²) >= 11 is 0. The molecule has 0 aliphatic carbocycles. The molecule has 0 atom stereocenters. The van der Waals surface area contributed by atoms with Crippen LogP contribution in [0.1, 0.15) is 29.3 Å². The fraction of sp³-hybridized carbons (Fsp3) is 0.417. The molecule has 0 radical (unpaired) electrons. The summed E-state index contributed by atoms with van der Waals surface area (Å²) < 4.78 is 10.7. The van der Waals surface area contributed by atoms with Crippen molar-refractivity contribution in [2.24, 2.45) is 4.99 Å². The minimum absolute atomic E-state index is 0.0523. The third-order valence-corrected chi connectivity index (χ3v) is 4.80. The summed E-state index contributed by atoms with van der Waals surface area (Å²) in [7, 11) is 5.31. The lowest BCUT2D eigenvalue weighted by molar-refractivity contribution is 0.0953. The van der Waals surface area contributed by atoms with Gasteiger partial charge < -0.3 is 25.0 Å². The van der Waals surface area contributed by atoms with Crippen LogP contribution in [0.25, 0.3) is 0 Å². The van der Waals surface area contributed by atoms with E-state index in [9.17, 15) is 4.79 Å². The fourth-order valence-electron chi connectivity index (χ4n) is 3.07. The highest BCUT2D eigenvalue weighted by Crippen LogP contribution is 2.27. The van der Waals surface area contributed by atoms with Crippen LogP contribution in [0, 0.1) is 0 Å². The summed E-state index contributed by atoms with van der Waals surface area (Å²) in [6.07, 6.45) is 1.63. The number of methoxy groups -OCH3 is 2. The van der Waals surface area contributed by atoms with E-state index in [4.69, 9.17) is 14.5 Å². The predicted octanol–water partition coefficient (Wildman–Crippen LogP) is 2.96. The molecule has 2 aromatic rings. The maximum Gasteiger partial charge on any atom is 0.251 e. The molecule has 0 bridgehead atoms. The van der Waals surface area contributed by atoms with Gasteiger partial charge in [-0.2, -0.15) is 0 Å². The van der Waals surface area contributed by atoms with Crippen molar-refractivity contribution in [1.29, 1.82) is 0 Å². The lowest BCUT2D eigenvalue weighted by Crippen LogP contribution is -2.40. The van der Waals surface area contributed by atoms with Gasteiger partial charge in [-0.05, 0) is 49.6 Å². The van der Waals surface area contributed by atoms with Gasteiger partial charge in [0.05, 0.1) is 14.2 Å². The molecule has 168 valence electrons. The van der Waals surface area contributed by atoms with E-state index in [2.05, 4.69) is 28.5 Å². The zero-order valence-corrected chi connectivity index (χ0v) is 19.0. The van der Waals surface area contributed by atoms with Gasteiger partial charge in [-0.25, -0.2) is 0 Å². The minimum Gasteiger partial charge on any atom is -0.493 e. The van der Waals surface area contributed by atoms with Gasteiger partial charge in [0.1, 0.15) is 0 Å². The van der Waals surface area contributed by atoms with Gasteiger partial charge in [0.25, 0.3) is 5.91 Å². The number of carbonyl (C=O) groups is 1. The van der Waals surface area contributed by atoms with Gasteiger partial charge in [-0.15, -0.1) is 0 Å². The molecule has 7 nitrogen and oxygen atoms in total. The van der Waals surface area contributed by atoms with Crippen molar-refractivity contribution in [1.82, 2.24) is 15.5 Å². The lowest BCUT2D eigenvalue weighted by Gasteiger charge is -2.22. The first kappa shape index (κ1) is 24.1. The molecular weight excluding hydrogens is 392 g/mol. The molecule has 2 N–H and O–H groups in total. The Morgan fingerprint density at radius 1 is 1.03 bits per heavy atom. The highest BCUT2D eigenvalue weighted by atomic mass is 16.5. The van der Waals surface area contributed by atoms with Crippen LogP contribution < -0.4 is 20.1 Å². The average molecular weight is 427 g/mol. The third kappa shape index (κ3) is 7.85. The number of nitrogens with zero attached hydrogens (tertiary/aromatic N) is 2. The van der Waals surface area contributed by atoms with Crippen LogP contribution in [0.4, 0.5) is 0 Å². The normalized spacial score (nSPS) is 11.0. The van der Waals surface area contributed by atoms with Crippen molar-refractivity contribution in [3.63, 3.8) is 0 Å². The second kappa shape index (κ2) is 13.2.